The maximum atomic E-state index is 10.9. The van der Waals surface area contributed by atoms with Crippen molar-refractivity contribution >= 4 is 12.2 Å². The van der Waals surface area contributed by atoms with E-state index in [1.807, 2.05) is 6.07 Å². The number of hydrogen-bond acceptors (Lipinski definition) is 3. The van der Waals surface area contributed by atoms with Crippen molar-refractivity contribution in [3.63, 3.8) is 0 Å². The van der Waals surface area contributed by atoms with E-state index in [0.29, 0.717) is 17.4 Å². The number of aryl methyl sites for hydroxylation is 1. The molecule has 0 aliphatic heterocycles. The SMILES string of the molecule is Cc1cc(C#N)c(C(N)=O)cc1C=O. The van der Waals surface area contributed by atoms with Crippen molar-refractivity contribution in [3.8, 4) is 6.07 Å². The Morgan fingerprint density at radius 3 is 2.64 bits per heavy atom. The van der Waals surface area contributed by atoms with E-state index in [2.05, 4.69) is 0 Å². The molecule has 1 rings (SSSR count). The molecular formula is C10H8N2O2. The lowest BCUT2D eigenvalue weighted by Crippen LogP contribution is -2.13. The lowest BCUT2D eigenvalue weighted by molar-refractivity contribution is 0.1000. The molecule has 0 saturated carbocycles. The average Bonchev–Trinajstić information content (AvgIpc) is 2.16. The van der Waals surface area contributed by atoms with E-state index >= 15 is 0 Å². The number of amides is 1. The van der Waals surface area contributed by atoms with Crippen LogP contribution in [0.2, 0.25) is 0 Å². The third kappa shape index (κ3) is 1.62. The molecule has 0 unspecified atom stereocenters. The smallest absolute Gasteiger partial charge is 0.250 e. The Morgan fingerprint density at radius 2 is 2.21 bits per heavy atom. The zero-order chi connectivity index (χ0) is 10.7. The zero-order valence-electron chi connectivity index (χ0n) is 7.57. The minimum Gasteiger partial charge on any atom is -0.366 e. The Balaban J connectivity index is 3.49. The Labute approximate surface area is 80.9 Å². The molecule has 0 spiro atoms. The highest BCUT2D eigenvalue weighted by molar-refractivity contribution is 5.97. The molecule has 0 aliphatic rings. The largest absolute Gasteiger partial charge is 0.366 e. The van der Waals surface area contributed by atoms with Gasteiger partial charge in [0.1, 0.15) is 6.29 Å². The highest BCUT2D eigenvalue weighted by Crippen LogP contribution is 2.14. The van der Waals surface area contributed by atoms with Gasteiger partial charge in [-0.1, -0.05) is 0 Å². The van der Waals surface area contributed by atoms with Gasteiger partial charge in [0.2, 0.25) is 5.91 Å². The minimum atomic E-state index is -0.704. The Bertz CT molecular complexity index is 444. The summed E-state index contributed by atoms with van der Waals surface area (Å²) in [7, 11) is 0. The van der Waals surface area contributed by atoms with Crippen molar-refractivity contribution in [1.82, 2.24) is 0 Å². The molecule has 0 saturated heterocycles. The predicted molar refractivity (Wildman–Crippen MR) is 49.8 cm³/mol. The molecule has 0 heterocycles. The summed E-state index contributed by atoms with van der Waals surface area (Å²) in [6, 6.07) is 4.66. The van der Waals surface area contributed by atoms with E-state index < -0.39 is 5.91 Å². The fraction of sp³-hybridized carbons (Fsp3) is 0.100. The van der Waals surface area contributed by atoms with Crippen LogP contribution in [0, 0.1) is 18.3 Å². The number of nitrogens with two attached hydrogens (primary N) is 1. The molecule has 4 nitrogen and oxygen atoms in total. The van der Waals surface area contributed by atoms with Crippen LogP contribution in [0.1, 0.15) is 31.8 Å². The molecule has 0 bridgehead atoms. The quantitative estimate of drug-likeness (QED) is 0.696. The average molecular weight is 188 g/mol. The number of rotatable bonds is 2. The Morgan fingerprint density at radius 1 is 1.57 bits per heavy atom. The van der Waals surface area contributed by atoms with Gasteiger partial charge in [-0.2, -0.15) is 5.26 Å². The highest BCUT2D eigenvalue weighted by atomic mass is 16.1. The molecule has 2 N–H and O–H groups in total. The topological polar surface area (TPSA) is 83.9 Å². The van der Waals surface area contributed by atoms with Gasteiger partial charge >= 0.3 is 0 Å². The summed E-state index contributed by atoms with van der Waals surface area (Å²) in [5.41, 5.74) is 6.36. The number of nitrogens with zero attached hydrogens (tertiary/aromatic N) is 1. The van der Waals surface area contributed by atoms with Crippen LogP contribution in [0.4, 0.5) is 0 Å². The van der Waals surface area contributed by atoms with Gasteiger partial charge in [0.05, 0.1) is 17.2 Å². The number of nitriles is 1. The molecule has 14 heavy (non-hydrogen) atoms. The van der Waals surface area contributed by atoms with E-state index in [9.17, 15) is 9.59 Å². The number of primary amides is 1. The van der Waals surface area contributed by atoms with Gasteiger partial charge < -0.3 is 5.73 Å². The second-order valence-electron chi connectivity index (χ2n) is 2.85. The van der Waals surface area contributed by atoms with Gasteiger partial charge in [-0.3, -0.25) is 9.59 Å². The van der Waals surface area contributed by atoms with Gasteiger partial charge in [0, 0.05) is 5.56 Å². The molecular weight excluding hydrogens is 180 g/mol. The van der Waals surface area contributed by atoms with Gasteiger partial charge in [-0.15, -0.1) is 0 Å². The van der Waals surface area contributed by atoms with Crippen LogP contribution < -0.4 is 5.73 Å². The normalized spacial score (nSPS) is 9.14. The number of benzene rings is 1. The fourth-order valence-electron chi connectivity index (χ4n) is 1.15. The third-order valence-electron chi connectivity index (χ3n) is 1.92. The predicted octanol–water partition coefficient (Wildman–Crippen LogP) is 0.778. The maximum absolute atomic E-state index is 10.9. The van der Waals surface area contributed by atoms with Crippen molar-refractivity contribution in [3.05, 3.63) is 34.4 Å². The second kappa shape index (κ2) is 3.71. The van der Waals surface area contributed by atoms with Crippen LogP contribution in [0.25, 0.3) is 0 Å². The summed E-state index contributed by atoms with van der Waals surface area (Å²) < 4.78 is 0. The zero-order valence-corrected chi connectivity index (χ0v) is 7.57. The summed E-state index contributed by atoms with van der Waals surface area (Å²) >= 11 is 0. The van der Waals surface area contributed by atoms with Crippen molar-refractivity contribution in [1.29, 1.82) is 5.26 Å². The first-order chi connectivity index (χ1) is 6.60. The fourth-order valence-corrected chi connectivity index (χ4v) is 1.15. The van der Waals surface area contributed by atoms with E-state index in [0.717, 1.165) is 0 Å². The summed E-state index contributed by atoms with van der Waals surface area (Å²) in [5.74, 6) is -0.704. The van der Waals surface area contributed by atoms with Gasteiger partial charge in [-0.25, -0.2) is 0 Å². The molecule has 0 aliphatic carbocycles. The first-order valence-electron chi connectivity index (χ1n) is 3.90. The van der Waals surface area contributed by atoms with Crippen molar-refractivity contribution in [2.75, 3.05) is 0 Å². The first kappa shape index (κ1) is 9.93. The molecule has 1 aromatic rings. The number of carbonyl (C=O) groups excluding carboxylic acids is 2. The Hall–Kier alpha value is -2.15. The van der Waals surface area contributed by atoms with Crippen LogP contribution >= 0.6 is 0 Å². The molecule has 0 fully saturated rings. The molecule has 1 amide bonds. The standard InChI is InChI=1S/C10H8N2O2/c1-6-2-7(4-11)9(10(12)14)3-8(6)5-13/h2-3,5H,1H3,(H2,12,14). The van der Waals surface area contributed by atoms with Gasteiger partial charge in [0.25, 0.3) is 0 Å². The van der Waals surface area contributed by atoms with Crippen LogP contribution in [-0.4, -0.2) is 12.2 Å². The van der Waals surface area contributed by atoms with Crippen molar-refractivity contribution in [2.45, 2.75) is 6.92 Å². The minimum absolute atomic E-state index is 0.0835. The van der Waals surface area contributed by atoms with Gasteiger partial charge in [0.15, 0.2) is 0 Å². The van der Waals surface area contributed by atoms with E-state index in [-0.39, 0.29) is 11.1 Å². The number of carbonyl (C=O) groups is 2. The molecule has 0 atom stereocenters. The maximum Gasteiger partial charge on any atom is 0.250 e. The lowest BCUT2D eigenvalue weighted by Gasteiger charge is -2.03. The summed E-state index contributed by atoms with van der Waals surface area (Å²) in [5, 5.41) is 8.71. The summed E-state index contributed by atoms with van der Waals surface area (Å²) in [6.45, 7) is 1.69. The van der Waals surface area contributed by atoms with Crippen molar-refractivity contribution in [2.24, 2.45) is 5.73 Å². The number of hydrogen-bond donors (Lipinski definition) is 1. The third-order valence-corrected chi connectivity index (χ3v) is 1.92. The van der Waals surface area contributed by atoms with Crippen LogP contribution in [-0.2, 0) is 0 Å². The number of aldehydes is 1. The lowest BCUT2D eigenvalue weighted by atomic mass is 10.00. The Kier molecular flexibility index (Phi) is 2.63. The molecule has 0 aromatic heterocycles. The second-order valence-corrected chi connectivity index (χ2v) is 2.85. The van der Waals surface area contributed by atoms with E-state index in [1.165, 1.54) is 12.1 Å². The van der Waals surface area contributed by atoms with Gasteiger partial charge in [-0.05, 0) is 24.6 Å². The molecule has 0 radical (unpaired) electrons. The van der Waals surface area contributed by atoms with E-state index in [1.54, 1.807) is 6.92 Å². The van der Waals surface area contributed by atoms with Crippen LogP contribution in [0.15, 0.2) is 12.1 Å². The highest BCUT2D eigenvalue weighted by Gasteiger charge is 2.10. The van der Waals surface area contributed by atoms with Crippen molar-refractivity contribution < 1.29 is 9.59 Å². The molecule has 70 valence electrons. The summed E-state index contributed by atoms with van der Waals surface area (Å²) in [4.78, 5) is 21.5. The monoisotopic (exact) mass is 188 g/mol. The van der Waals surface area contributed by atoms with E-state index in [4.69, 9.17) is 11.0 Å². The first-order valence-corrected chi connectivity index (χ1v) is 3.90. The van der Waals surface area contributed by atoms with Crippen LogP contribution in [0.5, 0.6) is 0 Å². The molecule has 1 aromatic carbocycles. The summed E-state index contributed by atoms with van der Waals surface area (Å²) in [6.07, 6.45) is 0.628. The molecule has 4 heteroatoms. The van der Waals surface area contributed by atoms with Crippen LogP contribution in [0.3, 0.4) is 0 Å².